The average molecular weight is 303 g/mol. The molecule has 1 aliphatic rings. The highest BCUT2D eigenvalue weighted by atomic mass is 19.1. The first kappa shape index (κ1) is 15.0. The molecular formula is C17H22FN3O. The van der Waals surface area contributed by atoms with Gasteiger partial charge in [-0.05, 0) is 58.0 Å². The van der Waals surface area contributed by atoms with Gasteiger partial charge in [0.15, 0.2) is 0 Å². The van der Waals surface area contributed by atoms with E-state index in [9.17, 15) is 9.18 Å². The number of hydrogen-bond acceptors (Lipinski definition) is 2. The minimum Gasteiger partial charge on any atom is -0.358 e. The Balaban J connectivity index is 1.74. The van der Waals surface area contributed by atoms with Gasteiger partial charge in [-0.25, -0.2) is 4.39 Å². The van der Waals surface area contributed by atoms with Gasteiger partial charge >= 0.3 is 0 Å². The van der Waals surface area contributed by atoms with Gasteiger partial charge in [-0.3, -0.25) is 9.69 Å². The number of fused-ring (bicyclic) bond motifs is 1. The van der Waals surface area contributed by atoms with Crippen LogP contribution in [0.25, 0.3) is 10.9 Å². The van der Waals surface area contributed by atoms with Gasteiger partial charge in [0.05, 0.1) is 5.56 Å². The van der Waals surface area contributed by atoms with E-state index in [1.54, 1.807) is 6.07 Å². The van der Waals surface area contributed by atoms with Gasteiger partial charge in [0.2, 0.25) is 0 Å². The van der Waals surface area contributed by atoms with E-state index >= 15 is 0 Å². The van der Waals surface area contributed by atoms with E-state index in [-0.39, 0.29) is 11.7 Å². The SMILES string of the molecule is Cc1[nH]c2ccc(F)cc2c1C(=O)NCC(C)N1CCCC1. The lowest BCUT2D eigenvalue weighted by Crippen LogP contribution is -2.40. The Morgan fingerprint density at radius 3 is 2.86 bits per heavy atom. The molecular weight excluding hydrogens is 281 g/mol. The number of benzene rings is 1. The monoisotopic (exact) mass is 303 g/mol. The first-order chi connectivity index (χ1) is 10.6. The summed E-state index contributed by atoms with van der Waals surface area (Å²) in [5.74, 6) is -0.466. The summed E-state index contributed by atoms with van der Waals surface area (Å²) in [7, 11) is 0. The third kappa shape index (κ3) is 2.86. The summed E-state index contributed by atoms with van der Waals surface area (Å²) in [6.07, 6.45) is 2.47. The molecule has 0 spiro atoms. The standard InChI is InChI=1S/C17H22FN3O/c1-11(21-7-3-4-8-21)10-19-17(22)16-12(2)20-15-6-5-13(18)9-14(15)16/h5-6,9,11,20H,3-4,7-8,10H2,1-2H3,(H,19,22). The molecule has 22 heavy (non-hydrogen) atoms. The zero-order chi connectivity index (χ0) is 15.7. The second kappa shape index (κ2) is 6.08. The first-order valence-electron chi connectivity index (χ1n) is 7.86. The van der Waals surface area contributed by atoms with Gasteiger partial charge in [-0.1, -0.05) is 0 Å². The number of carbonyl (C=O) groups is 1. The number of nitrogens with zero attached hydrogens (tertiary/aromatic N) is 1. The molecule has 1 fully saturated rings. The Kier molecular flexibility index (Phi) is 4.16. The number of amides is 1. The quantitative estimate of drug-likeness (QED) is 0.912. The van der Waals surface area contributed by atoms with Crippen molar-refractivity contribution in [2.24, 2.45) is 0 Å². The van der Waals surface area contributed by atoms with Crippen LogP contribution in [0.4, 0.5) is 4.39 Å². The van der Waals surface area contributed by atoms with Crippen LogP contribution < -0.4 is 5.32 Å². The molecule has 1 amide bonds. The van der Waals surface area contributed by atoms with Crippen molar-refractivity contribution in [2.75, 3.05) is 19.6 Å². The van der Waals surface area contributed by atoms with Crippen LogP contribution >= 0.6 is 0 Å². The summed E-state index contributed by atoms with van der Waals surface area (Å²) in [6.45, 7) is 6.80. The van der Waals surface area contributed by atoms with Gasteiger partial charge in [0.25, 0.3) is 5.91 Å². The molecule has 0 bridgehead atoms. The van der Waals surface area contributed by atoms with Crippen molar-refractivity contribution in [1.29, 1.82) is 0 Å². The fraction of sp³-hybridized carbons (Fsp3) is 0.471. The molecule has 1 aliphatic heterocycles. The highest BCUT2D eigenvalue weighted by Crippen LogP contribution is 2.23. The lowest BCUT2D eigenvalue weighted by Gasteiger charge is -2.23. The first-order valence-corrected chi connectivity index (χ1v) is 7.86. The maximum Gasteiger partial charge on any atom is 0.253 e. The van der Waals surface area contributed by atoms with E-state index in [2.05, 4.69) is 22.1 Å². The Hall–Kier alpha value is -1.88. The van der Waals surface area contributed by atoms with Crippen molar-refractivity contribution in [3.63, 3.8) is 0 Å². The molecule has 2 N–H and O–H groups in total. The molecule has 5 heteroatoms. The third-order valence-electron chi connectivity index (χ3n) is 4.50. The Morgan fingerprint density at radius 1 is 1.41 bits per heavy atom. The van der Waals surface area contributed by atoms with Crippen molar-refractivity contribution in [2.45, 2.75) is 32.7 Å². The number of likely N-dealkylation sites (tertiary alicyclic amines) is 1. The van der Waals surface area contributed by atoms with Gasteiger partial charge in [0.1, 0.15) is 5.82 Å². The van der Waals surface area contributed by atoms with Crippen LogP contribution in [0, 0.1) is 12.7 Å². The topological polar surface area (TPSA) is 48.1 Å². The van der Waals surface area contributed by atoms with Crippen LogP contribution in [0.3, 0.4) is 0 Å². The van der Waals surface area contributed by atoms with Gasteiger partial charge in [0, 0.05) is 29.2 Å². The van der Waals surface area contributed by atoms with Crippen LogP contribution in [-0.4, -0.2) is 41.5 Å². The highest BCUT2D eigenvalue weighted by molar-refractivity contribution is 6.08. The number of H-pyrrole nitrogens is 1. The van der Waals surface area contributed by atoms with Crippen molar-refractivity contribution in [1.82, 2.24) is 15.2 Å². The molecule has 0 radical (unpaired) electrons. The van der Waals surface area contributed by atoms with Crippen LogP contribution in [0.15, 0.2) is 18.2 Å². The van der Waals surface area contributed by atoms with E-state index in [4.69, 9.17) is 0 Å². The lowest BCUT2D eigenvalue weighted by atomic mass is 10.1. The van der Waals surface area contributed by atoms with E-state index in [1.165, 1.54) is 25.0 Å². The van der Waals surface area contributed by atoms with E-state index in [0.717, 1.165) is 24.3 Å². The molecule has 1 atom stereocenters. The van der Waals surface area contributed by atoms with Crippen molar-refractivity contribution < 1.29 is 9.18 Å². The number of nitrogens with one attached hydrogen (secondary N) is 2. The summed E-state index contributed by atoms with van der Waals surface area (Å²) >= 11 is 0. The normalized spacial score (nSPS) is 17.0. The molecule has 1 unspecified atom stereocenters. The predicted molar refractivity (Wildman–Crippen MR) is 85.6 cm³/mol. The van der Waals surface area contributed by atoms with Gasteiger partial charge in [-0.15, -0.1) is 0 Å². The summed E-state index contributed by atoms with van der Waals surface area (Å²) < 4.78 is 13.5. The smallest absolute Gasteiger partial charge is 0.253 e. The van der Waals surface area contributed by atoms with Crippen molar-refractivity contribution in [3.8, 4) is 0 Å². The number of aromatic amines is 1. The largest absolute Gasteiger partial charge is 0.358 e. The van der Waals surface area contributed by atoms with E-state index in [0.29, 0.717) is 23.5 Å². The van der Waals surface area contributed by atoms with E-state index in [1.807, 2.05) is 6.92 Å². The fourth-order valence-electron chi connectivity index (χ4n) is 3.23. The Bertz CT molecular complexity index is 689. The summed E-state index contributed by atoms with van der Waals surface area (Å²) in [4.78, 5) is 18.0. The number of aromatic nitrogens is 1. The predicted octanol–water partition coefficient (Wildman–Crippen LogP) is 2.83. The Morgan fingerprint density at radius 2 is 2.14 bits per heavy atom. The minimum absolute atomic E-state index is 0.139. The lowest BCUT2D eigenvalue weighted by molar-refractivity contribution is 0.0941. The Labute approximate surface area is 129 Å². The van der Waals surface area contributed by atoms with Crippen LogP contribution in [0.2, 0.25) is 0 Å². The summed E-state index contributed by atoms with van der Waals surface area (Å²) in [5.41, 5.74) is 2.10. The number of halogens is 1. The molecule has 2 aromatic rings. The summed E-state index contributed by atoms with van der Waals surface area (Å²) in [5, 5.41) is 3.63. The molecule has 1 aromatic carbocycles. The van der Waals surface area contributed by atoms with Crippen LogP contribution in [-0.2, 0) is 0 Å². The number of aryl methyl sites for hydroxylation is 1. The zero-order valence-electron chi connectivity index (χ0n) is 13.1. The molecule has 0 saturated carbocycles. The van der Waals surface area contributed by atoms with Gasteiger partial charge < -0.3 is 10.3 Å². The van der Waals surface area contributed by atoms with Crippen LogP contribution in [0.1, 0.15) is 35.8 Å². The number of hydrogen-bond donors (Lipinski definition) is 2. The van der Waals surface area contributed by atoms with E-state index < -0.39 is 0 Å². The molecule has 118 valence electrons. The molecule has 0 aliphatic carbocycles. The second-order valence-corrected chi connectivity index (χ2v) is 6.12. The van der Waals surface area contributed by atoms with Crippen LogP contribution in [0.5, 0.6) is 0 Å². The fourth-order valence-corrected chi connectivity index (χ4v) is 3.23. The van der Waals surface area contributed by atoms with Gasteiger partial charge in [-0.2, -0.15) is 0 Å². The molecule has 3 rings (SSSR count). The third-order valence-corrected chi connectivity index (χ3v) is 4.50. The van der Waals surface area contributed by atoms with Crippen molar-refractivity contribution >= 4 is 16.8 Å². The molecule has 1 saturated heterocycles. The zero-order valence-corrected chi connectivity index (χ0v) is 13.1. The maximum absolute atomic E-state index is 13.5. The maximum atomic E-state index is 13.5. The average Bonchev–Trinajstić information content (AvgIpc) is 3.11. The van der Waals surface area contributed by atoms with Crippen molar-refractivity contribution in [3.05, 3.63) is 35.3 Å². The molecule has 2 heterocycles. The number of rotatable bonds is 4. The second-order valence-electron chi connectivity index (χ2n) is 6.12. The summed E-state index contributed by atoms with van der Waals surface area (Å²) in [6, 6.07) is 4.81. The molecule has 1 aromatic heterocycles. The highest BCUT2D eigenvalue weighted by Gasteiger charge is 2.20. The molecule has 4 nitrogen and oxygen atoms in total. The number of carbonyl (C=O) groups excluding carboxylic acids is 1. The minimum atomic E-state index is -0.328.